The second-order valence-electron chi connectivity index (χ2n) is 8.03. The molecule has 0 aromatic heterocycles. The summed E-state index contributed by atoms with van der Waals surface area (Å²) in [5.74, 6) is 0.425. The standard InChI is InChI=1S/C23H30N2O3S/c1-18-9-11-22(12-10-18)25(29(3,27)28)19(2)23(26)24-15-13-21(14-16-24)17-20-7-5-4-6-8-20/h4-12,19,21H,13-17H2,1-3H3/t19-/m1/s1. The largest absolute Gasteiger partial charge is 0.341 e. The third-order valence-corrected chi connectivity index (χ3v) is 6.89. The molecule has 2 aromatic carbocycles. The number of sulfonamides is 1. The molecule has 1 fully saturated rings. The molecule has 0 unspecified atom stereocenters. The van der Waals surface area contributed by atoms with E-state index in [4.69, 9.17) is 0 Å². The summed E-state index contributed by atoms with van der Waals surface area (Å²) in [5.41, 5.74) is 2.90. The Morgan fingerprint density at radius 3 is 2.21 bits per heavy atom. The van der Waals surface area contributed by atoms with Gasteiger partial charge in [-0.3, -0.25) is 9.10 Å². The van der Waals surface area contributed by atoms with E-state index in [0.717, 1.165) is 31.1 Å². The van der Waals surface area contributed by atoms with Crippen LogP contribution in [0.2, 0.25) is 0 Å². The first-order valence-electron chi connectivity index (χ1n) is 10.1. The number of nitrogens with zero attached hydrogens (tertiary/aromatic N) is 2. The Hall–Kier alpha value is -2.34. The van der Waals surface area contributed by atoms with Crippen LogP contribution in [0.4, 0.5) is 5.69 Å². The van der Waals surface area contributed by atoms with Crippen molar-refractivity contribution in [2.75, 3.05) is 23.7 Å². The number of piperidine rings is 1. The van der Waals surface area contributed by atoms with Crippen LogP contribution in [0.5, 0.6) is 0 Å². The van der Waals surface area contributed by atoms with Gasteiger partial charge in [-0.25, -0.2) is 8.42 Å². The van der Waals surface area contributed by atoms with E-state index in [1.165, 1.54) is 9.87 Å². The van der Waals surface area contributed by atoms with Gasteiger partial charge in [-0.15, -0.1) is 0 Å². The van der Waals surface area contributed by atoms with Crippen molar-refractivity contribution in [2.45, 2.75) is 39.2 Å². The Morgan fingerprint density at radius 1 is 1.07 bits per heavy atom. The van der Waals surface area contributed by atoms with Gasteiger partial charge in [0.1, 0.15) is 6.04 Å². The molecule has 3 rings (SSSR count). The highest BCUT2D eigenvalue weighted by Gasteiger charge is 2.33. The first-order valence-corrected chi connectivity index (χ1v) is 12.0. The van der Waals surface area contributed by atoms with E-state index >= 15 is 0 Å². The summed E-state index contributed by atoms with van der Waals surface area (Å²) in [6, 6.07) is 16.9. The lowest BCUT2D eigenvalue weighted by Crippen LogP contribution is -2.51. The smallest absolute Gasteiger partial charge is 0.246 e. The molecular formula is C23H30N2O3S. The molecule has 1 atom stereocenters. The van der Waals surface area contributed by atoms with E-state index in [0.29, 0.717) is 24.7 Å². The first kappa shape index (κ1) is 21.4. The fourth-order valence-corrected chi connectivity index (χ4v) is 5.23. The van der Waals surface area contributed by atoms with Crippen LogP contribution in [-0.4, -0.2) is 44.6 Å². The number of hydrogen-bond acceptors (Lipinski definition) is 3. The fourth-order valence-electron chi connectivity index (χ4n) is 4.06. The van der Waals surface area contributed by atoms with Gasteiger partial charge in [0, 0.05) is 13.1 Å². The molecule has 0 saturated carbocycles. The maximum atomic E-state index is 13.1. The predicted molar refractivity (Wildman–Crippen MR) is 117 cm³/mol. The van der Waals surface area contributed by atoms with Gasteiger partial charge in [-0.05, 0) is 56.7 Å². The molecule has 0 radical (unpaired) electrons. The van der Waals surface area contributed by atoms with Gasteiger partial charge < -0.3 is 4.90 Å². The van der Waals surface area contributed by atoms with Gasteiger partial charge in [0.2, 0.25) is 15.9 Å². The first-order chi connectivity index (χ1) is 13.8. The van der Waals surface area contributed by atoms with Crippen LogP contribution in [0.25, 0.3) is 0 Å². The van der Waals surface area contributed by atoms with E-state index in [2.05, 4.69) is 24.3 Å². The third kappa shape index (κ3) is 5.38. The maximum Gasteiger partial charge on any atom is 0.246 e. The van der Waals surface area contributed by atoms with Crippen LogP contribution in [0.3, 0.4) is 0 Å². The van der Waals surface area contributed by atoms with Gasteiger partial charge in [-0.1, -0.05) is 48.0 Å². The SMILES string of the molecule is Cc1ccc(N([C@H](C)C(=O)N2CCC(Cc3ccccc3)CC2)S(C)(=O)=O)cc1. The topological polar surface area (TPSA) is 57.7 Å². The Labute approximate surface area is 174 Å². The monoisotopic (exact) mass is 414 g/mol. The van der Waals surface area contributed by atoms with Gasteiger partial charge in [0.15, 0.2) is 0 Å². The number of carbonyl (C=O) groups is 1. The van der Waals surface area contributed by atoms with Crippen molar-refractivity contribution in [3.63, 3.8) is 0 Å². The Balaban J connectivity index is 1.66. The Bertz CT molecular complexity index is 918. The van der Waals surface area contributed by atoms with Crippen LogP contribution < -0.4 is 4.31 Å². The zero-order chi connectivity index (χ0) is 21.0. The van der Waals surface area contributed by atoms with Crippen LogP contribution >= 0.6 is 0 Å². The molecule has 1 heterocycles. The number of rotatable bonds is 6. The average Bonchev–Trinajstić information content (AvgIpc) is 2.69. The minimum absolute atomic E-state index is 0.130. The number of hydrogen-bond donors (Lipinski definition) is 0. The molecule has 0 bridgehead atoms. The van der Waals surface area contributed by atoms with Crippen molar-refractivity contribution in [3.8, 4) is 0 Å². The van der Waals surface area contributed by atoms with Crippen LogP contribution in [0.15, 0.2) is 54.6 Å². The molecule has 1 amide bonds. The molecule has 1 aliphatic rings. The summed E-state index contributed by atoms with van der Waals surface area (Å²) in [7, 11) is -3.58. The molecule has 5 nitrogen and oxygen atoms in total. The molecule has 0 N–H and O–H groups in total. The Morgan fingerprint density at radius 2 is 1.66 bits per heavy atom. The highest BCUT2D eigenvalue weighted by atomic mass is 32.2. The second kappa shape index (κ2) is 8.99. The van der Waals surface area contributed by atoms with E-state index in [9.17, 15) is 13.2 Å². The normalized spacial score (nSPS) is 16.4. The maximum absolute atomic E-state index is 13.1. The summed E-state index contributed by atoms with van der Waals surface area (Å²) in [4.78, 5) is 14.9. The highest BCUT2D eigenvalue weighted by Crippen LogP contribution is 2.25. The molecule has 156 valence electrons. The van der Waals surface area contributed by atoms with Crippen LogP contribution in [0.1, 0.15) is 30.9 Å². The second-order valence-corrected chi connectivity index (χ2v) is 9.89. The molecule has 0 spiro atoms. The highest BCUT2D eigenvalue weighted by molar-refractivity contribution is 7.92. The minimum Gasteiger partial charge on any atom is -0.341 e. The molecule has 1 aliphatic heterocycles. The Kier molecular flexibility index (Phi) is 6.63. The van der Waals surface area contributed by atoms with Crippen LogP contribution in [0, 0.1) is 12.8 Å². The van der Waals surface area contributed by atoms with Gasteiger partial charge >= 0.3 is 0 Å². The van der Waals surface area contributed by atoms with E-state index in [1.807, 2.05) is 30.0 Å². The van der Waals surface area contributed by atoms with Crippen molar-refractivity contribution in [1.82, 2.24) is 4.90 Å². The third-order valence-electron chi connectivity index (χ3n) is 5.65. The zero-order valence-electron chi connectivity index (χ0n) is 17.4. The van der Waals surface area contributed by atoms with Crippen molar-refractivity contribution in [1.29, 1.82) is 0 Å². The number of anilines is 1. The average molecular weight is 415 g/mol. The summed E-state index contributed by atoms with van der Waals surface area (Å²) in [5, 5.41) is 0. The minimum atomic E-state index is -3.58. The van der Waals surface area contributed by atoms with Crippen LogP contribution in [-0.2, 0) is 21.2 Å². The van der Waals surface area contributed by atoms with E-state index < -0.39 is 16.1 Å². The lowest BCUT2D eigenvalue weighted by atomic mass is 9.90. The van der Waals surface area contributed by atoms with Gasteiger partial charge in [0.05, 0.1) is 11.9 Å². The number of amides is 1. The fraction of sp³-hybridized carbons (Fsp3) is 0.435. The molecule has 29 heavy (non-hydrogen) atoms. The molecule has 6 heteroatoms. The quantitative estimate of drug-likeness (QED) is 0.725. The number of likely N-dealkylation sites (tertiary alicyclic amines) is 1. The molecule has 0 aliphatic carbocycles. The number of benzene rings is 2. The van der Waals surface area contributed by atoms with Crippen molar-refractivity contribution in [2.24, 2.45) is 5.92 Å². The van der Waals surface area contributed by atoms with Gasteiger partial charge in [-0.2, -0.15) is 0 Å². The van der Waals surface area contributed by atoms with Crippen molar-refractivity contribution < 1.29 is 13.2 Å². The molecular weight excluding hydrogens is 384 g/mol. The van der Waals surface area contributed by atoms with E-state index in [1.54, 1.807) is 19.1 Å². The summed E-state index contributed by atoms with van der Waals surface area (Å²) in [6.45, 7) is 4.97. The summed E-state index contributed by atoms with van der Waals surface area (Å²) in [6.07, 6.45) is 4.06. The van der Waals surface area contributed by atoms with Crippen molar-refractivity contribution >= 4 is 21.6 Å². The number of carbonyl (C=O) groups excluding carboxylic acids is 1. The van der Waals surface area contributed by atoms with E-state index in [-0.39, 0.29) is 5.91 Å². The lowest BCUT2D eigenvalue weighted by molar-refractivity contribution is -0.133. The summed E-state index contributed by atoms with van der Waals surface area (Å²) >= 11 is 0. The molecule has 1 saturated heterocycles. The molecule has 2 aromatic rings. The number of aryl methyl sites for hydroxylation is 1. The predicted octanol–water partition coefficient (Wildman–Crippen LogP) is 3.63. The summed E-state index contributed by atoms with van der Waals surface area (Å²) < 4.78 is 26.2. The lowest BCUT2D eigenvalue weighted by Gasteiger charge is -2.36. The van der Waals surface area contributed by atoms with Crippen molar-refractivity contribution in [3.05, 3.63) is 65.7 Å². The zero-order valence-corrected chi connectivity index (χ0v) is 18.2. The van der Waals surface area contributed by atoms with Gasteiger partial charge in [0.25, 0.3) is 0 Å².